The highest BCUT2D eigenvalue weighted by atomic mass is 16.5. The number of ether oxygens (including phenoxy) is 1. The molecule has 1 aromatic rings. The zero-order chi connectivity index (χ0) is 13.2. The first-order valence-corrected chi connectivity index (χ1v) is 6.46. The minimum atomic E-state index is -0.473. The van der Waals surface area contributed by atoms with Crippen molar-refractivity contribution < 1.29 is 14.4 Å². The molecular formula is C12H21N3O3. The van der Waals surface area contributed by atoms with Crippen LogP contribution in [0.1, 0.15) is 50.9 Å². The van der Waals surface area contributed by atoms with E-state index in [4.69, 9.17) is 9.26 Å². The molecule has 0 bridgehead atoms. The van der Waals surface area contributed by atoms with Gasteiger partial charge in [0.2, 0.25) is 11.7 Å². The summed E-state index contributed by atoms with van der Waals surface area (Å²) in [5.74, 6) is 1.12. The minimum absolute atomic E-state index is 0.0514. The number of aliphatic hydroxyl groups excluding tert-OH is 1. The van der Waals surface area contributed by atoms with Crippen molar-refractivity contribution in [2.24, 2.45) is 0 Å². The molecule has 1 saturated heterocycles. The minimum Gasteiger partial charge on any atom is -0.392 e. The predicted molar refractivity (Wildman–Crippen MR) is 64.9 cm³/mol. The molecule has 1 fully saturated rings. The molecule has 2 atom stereocenters. The fraction of sp³-hybridized carbons (Fsp3) is 0.833. The zero-order valence-corrected chi connectivity index (χ0v) is 11.1. The van der Waals surface area contributed by atoms with Crippen LogP contribution in [0.3, 0.4) is 0 Å². The maximum Gasteiger partial charge on any atom is 0.243 e. The Balaban J connectivity index is 2.19. The number of hydrogen-bond acceptors (Lipinski definition) is 6. The molecule has 2 heterocycles. The summed E-state index contributed by atoms with van der Waals surface area (Å²) in [7, 11) is 1.67. The summed E-state index contributed by atoms with van der Waals surface area (Å²) in [6.07, 6.45) is 1.86. The summed E-state index contributed by atoms with van der Waals surface area (Å²) < 4.78 is 10.9. The topological polar surface area (TPSA) is 80.4 Å². The molecule has 0 amide bonds. The molecule has 1 aliphatic heterocycles. The van der Waals surface area contributed by atoms with Crippen LogP contribution in [-0.4, -0.2) is 35.0 Å². The van der Waals surface area contributed by atoms with Crippen LogP contribution in [-0.2, 0) is 10.3 Å². The standard InChI is InChI=1S/C12H21N3O3/c1-4-12(5-2,17-3)11-14-10(18-15-11)9-6-8(16)7-13-9/h8-9,13,16H,4-7H2,1-3H3/t8-,9+/m1/s1. The van der Waals surface area contributed by atoms with Crippen LogP contribution >= 0.6 is 0 Å². The number of hydrogen-bond donors (Lipinski definition) is 2. The van der Waals surface area contributed by atoms with E-state index in [0.29, 0.717) is 24.7 Å². The SMILES string of the molecule is CCC(CC)(OC)c1noc([C@@H]2C[C@@H](O)CN2)n1. The van der Waals surface area contributed by atoms with Crippen molar-refractivity contribution in [2.45, 2.75) is 50.9 Å². The van der Waals surface area contributed by atoms with Crippen LogP contribution in [0.5, 0.6) is 0 Å². The molecule has 0 unspecified atom stereocenters. The van der Waals surface area contributed by atoms with Crippen molar-refractivity contribution in [1.29, 1.82) is 0 Å². The lowest BCUT2D eigenvalue weighted by molar-refractivity contribution is -0.0306. The quantitative estimate of drug-likeness (QED) is 0.821. The van der Waals surface area contributed by atoms with E-state index >= 15 is 0 Å². The average molecular weight is 255 g/mol. The van der Waals surface area contributed by atoms with Gasteiger partial charge in [-0.3, -0.25) is 0 Å². The summed E-state index contributed by atoms with van der Waals surface area (Å²) in [6.45, 7) is 4.65. The van der Waals surface area contributed by atoms with Crippen LogP contribution in [0.4, 0.5) is 0 Å². The number of aliphatic hydroxyl groups is 1. The van der Waals surface area contributed by atoms with E-state index in [1.54, 1.807) is 7.11 Å². The van der Waals surface area contributed by atoms with Gasteiger partial charge in [-0.05, 0) is 19.3 Å². The van der Waals surface area contributed by atoms with Crippen LogP contribution in [0.15, 0.2) is 4.52 Å². The van der Waals surface area contributed by atoms with Gasteiger partial charge in [-0.1, -0.05) is 19.0 Å². The number of β-amino-alcohol motifs (C(OH)–C–C–N with tert-alkyl or cyclic N) is 1. The van der Waals surface area contributed by atoms with Gasteiger partial charge in [0.05, 0.1) is 12.1 Å². The number of aromatic nitrogens is 2. The molecule has 2 rings (SSSR count). The van der Waals surface area contributed by atoms with Gasteiger partial charge >= 0.3 is 0 Å². The van der Waals surface area contributed by atoms with E-state index in [2.05, 4.69) is 15.5 Å². The lowest BCUT2D eigenvalue weighted by atomic mass is 9.96. The normalized spacial score (nSPS) is 24.7. The highest BCUT2D eigenvalue weighted by molar-refractivity contribution is 5.04. The molecule has 0 saturated carbocycles. The van der Waals surface area contributed by atoms with E-state index in [9.17, 15) is 5.11 Å². The summed E-state index contributed by atoms with van der Waals surface area (Å²) in [6, 6.07) is -0.0514. The van der Waals surface area contributed by atoms with E-state index in [0.717, 1.165) is 12.8 Å². The Bertz CT molecular complexity index is 381. The second-order valence-corrected chi connectivity index (χ2v) is 4.71. The highest BCUT2D eigenvalue weighted by Crippen LogP contribution is 2.31. The summed E-state index contributed by atoms with van der Waals surface area (Å²) in [5.41, 5.74) is -0.473. The Kier molecular flexibility index (Phi) is 3.99. The van der Waals surface area contributed by atoms with E-state index in [1.165, 1.54) is 0 Å². The highest BCUT2D eigenvalue weighted by Gasteiger charge is 2.36. The second-order valence-electron chi connectivity index (χ2n) is 4.71. The van der Waals surface area contributed by atoms with E-state index in [1.807, 2.05) is 13.8 Å². The Morgan fingerprint density at radius 2 is 2.22 bits per heavy atom. The van der Waals surface area contributed by atoms with E-state index < -0.39 is 5.60 Å². The molecule has 0 aliphatic carbocycles. The lowest BCUT2D eigenvalue weighted by Gasteiger charge is -2.25. The smallest absolute Gasteiger partial charge is 0.243 e. The van der Waals surface area contributed by atoms with Gasteiger partial charge in [0.25, 0.3) is 0 Å². The molecule has 0 radical (unpaired) electrons. The Hall–Kier alpha value is -0.980. The van der Waals surface area contributed by atoms with Crippen molar-refractivity contribution in [3.63, 3.8) is 0 Å². The molecule has 0 spiro atoms. The fourth-order valence-corrected chi connectivity index (χ4v) is 2.41. The van der Waals surface area contributed by atoms with Gasteiger partial charge in [-0.15, -0.1) is 0 Å². The van der Waals surface area contributed by atoms with Crippen molar-refractivity contribution in [3.8, 4) is 0 Å². The van der Waals surface area contributed by atoms with Gasteiger partial charge in [-0.2, -0.15) is 4.98 Å². The number of methoxy groups -OCH3 is 1. The van der Waals surface area contributed by atoms with Gasteiger partial charge in [0.1, 0.15) is 5.60 Å². The first kappa shape index (κ1) is 13.5. The Labute approximate surface area is 107 Å². The van der Waals surface area contributed by atoms with Crippen molar-refractivity contribution in [2.75, 3.05) is 13.7 Å². The van der Waals surface area contributed by atoms with Crippen molar-refractivity contribution >= 4 is 0 Å². The fourth-order valence-electron chi connectivity index (χ4n) is 2.41. The summed E-state index contributed by atoms with van der Waals surface area (Å²) in [4.78, 5) is 4.44. The van der Waals surface area contributed by atoms with Crippen molar-refractivity contribution in [3.05, 3.63) is 11.7 Å². The van der Waals surface area contributed by atoms with Gasteiger partial charge in [0.15, 0.2) is 0 Å². The first-order valence-electron chi connectivity index (χ1n) is 6.46. The lowest BCUT2D eigenvalue weighted by Crippen LogP contribution is -2.28. The Morgan fingerprint density at radius 3 is 2.72 bits per heavy atom. The van der Waals surface area contributed by atoms with Crippen LogP contribution < -0.4 is 5.32 Å². The zero-order valence-electron chi connectivity index (χ0n) is 11.1. The van der Waals surface area contributed by atoms with Crippen LogP contribution in [0.25, 0.3) is 0 Å². The molecule has 0 aromatic carbocycles. The third kappa shape index (κ3) is 2.28. The third-order valence-corrected chi connectivity index (χ3v) is 3.79. The molecule has 18 heavy (non-hydrogen) atoms. The predicted octanol–water partition coefficient (Wildman–Crippen LogP) is 1.13. The number of nitrogens with one attached hydrogen (secondary N) is 1. The molecule has 102 valence electrons. The largest absolute Gasteiger partial charge is 0.392 e. The average Bonchev–Trinajstić information content (AvgIpc) is 3.01. The van der Waals surface area contributed by atoms with Crippen molar-refractivity contribution in [1.82, 2.24) is 15.5 Å². The monoisotopic (exact) mass is 255 g/mol. The van der Waals surface area contributed by atoms with Gasteiger partial charge in [0, 0.05) is 13.7 Å². The maximum absolute atomic E-state index is 9.49. The van der Waals surface area contributed by atoms with E-state index in [-0.39, 0.29) is 12.1 Å². The Morgan fingerprint density at radius 1 is 1.50 bits per heavy atom. The number of rotatable bonds is 5. The second kappa shape index (κ2) is 5.34. The van der Waals surface area contributed by atoms with Crippen LogP contribution in [0.2, 0.25) is 0 Å². The van der Waals surface area contributed by atoms with Gasteiger partial charge in [-0.25, -0.2) is 0 Å². The van der Waals surface area contributed by atoms with Gasteiger partial charge < -0.3 is 19.7 Å². The molecule has 1 aliphatic rings. The summed E-state index contributed by atoms with van der Waals surface area (Å²) in [5, 5.41) is 16.7. The first-order chi connectivity index (χ1) is 8.65. The molecule has 2 N–H and O–H groups in total. The molecule has 6 heteroatoms. The molecule has 6 nitrogen and oxygen atoms in total. The summed E-state index contributed by atoms with van der Waals surface area (Å²) >= 11 is 0. The third-order valence-electron chi connectivity index (χ3n) is 3.79. The maximum atomic E-state index is 9.49. The molecular weight excluding hydrogens is 234 g/mol. The van der Waals surface area contributed by atoms with Crippen LogP contribution in [0, 0.1) is 0 Å². The number of nitrogens with zero attached hydrogens (tertiary/aromatic N) is 2. The molecule has 1 aromatic heterocycles.